The van der Waals surface area contributed by atoms with Crippen molar-refractivity contribution in [1.82, 2.24) is 9.13 Å². The summed E-state index contributed by atoms with van der Waals surface area (Å²) in [4.78, 5) is 0. The first-order chi connectivity index (χ1) is 26.3. The molecule has 0 atom stereocenters. The molecule has 0 saturated heterocycles. The molecule has 0 bridgehead atoms. The smallest absolute Gasteiger partial charge is 0.0542 e. The topological polar surface area (TPSA) is 9.86 Å². The lowest BCUT2D eigenvalue weighted by molar-refractivity contribution is 0.590. The predicted molar refractivity (Wildman–Crippen MR) is 237 cm³/mol. The maximum atomic E-state index is 2.48. The van der Waals surface area contributed by atoms with Gasteiger partial charge in [-0.2, -0.15) is 0 Å². The summed E-state index contributed by atoms with van der Waals surface area (Å²) in [7, 11) is 0. The molecule has 0 aliphatic heterocycles. The van der Waals surface area contributed by atoms with Crippen molar-refractivity contribution in [3.05, 3.63) is 180 Å². The fraction of sp³-hybridized carbons (Fsp3) is 0.208. The van der Waals surface area contributed by atoms with Gasteiger partial charge in [-0.25, -0.2) is 0 Å². The molecule has 2 heteroatoms. The Bertz CT molecular complexity index is 2800. The molecule has 0 fully saturated rings. The number of benzene rings is 7. The van der Waals surface area contributed by atoms with Crippen molar-refractivity contribution < 1.29 is 0 Å². The number of fused-ring (bicyclic) bond motifs is 6. The number of rotatable bonds is 5. The molecular formula is C53H50N2. The highest BCUT2D eigenvalue weighted by Crippen LogP contribution is 2.41. The minimum absolute atomic E-state index is 0.0525. The van der Waals surface area contributed by atoms with E-state index < -0.39 is 0 Å². The number of hydrogen-bond donors (Lipinski definition) is 0. The summed E-state index contributed by atoms with van der Waals surface area (Å²) in [5, 5.41) is 5.10. The highest BCUT2D eigenvalue weighted by atomic mass is 15.0. The number of hydrogen-bond acceptors (Lipinski definition) is 0. The molecule has 9 aromatic rings. The molecule has 2 heterocycles. The van der Waals surface area contributed by atoms with Gasteiger partial charge in [-0.3, -0.25) is 0 Å². The van der Waals surface area contributed by atoms with Crippen molar-refractivity contribution in [2.75, 3.05) is 0 Å². The van der Waals surface area contributed by atoms with Gasteiger partial charge in [0.1, 0.15) is 0 Å². The van der Waals surface area contributed by atoms with Gasteiger partial charge in [-0.15, -0.1) is 0 Å². The van der Waals surface area contributed by atoms with Crippen molar-refractivity contribution in [2.24, 2.45) is 0 Å². The molecule has 0 aliphatic rings. The second-order valence-electron chi connectivity index (χ2n) is 18.0. The van der Waals surface area contributed by atoms with Gasteiger partial charge in [-0.1, -0.05) is 146 Å². The lowest BCUT2D eigenvalue weighted by Crippen LogP contribution is -2.18. The van der Waals surface area contributed by atoms with E-state index in [0.29, 0.717) is 0 Å². The molecule has 0 N–H and O–H groups in total. The molecular weight excluding hydrogens is 665 g/mol. The molecule has 55 heavy (non-hydrogen) atoms. The normalized spacial score (nSPS) is 12.7. The molecule has 0 saturated carbocycles. The first-order valence-corrected chi connectivity index (χ1v) is 19.7. The lowest BCUT2D eigenvalue weighted by atomic mass is 9.78. The van der Waals surface area contributed by atoms with E-state index in [2.05, 4.69) is 222 Å². The van der Waals surface area contributed by atoms with Crippen LogP contribution in [-0.2, 0) is 16.2 Å². The summed E-state index contributed by atoms with van der Waals surface area (Å²) < 4.78 is 4.92. The van der Waals surface area contributed by atoms with E-state index in [0.717, 1.165) is 5.69 Å². The highest BCUT2D eigenvalue weighted by molar-refractivity contribution is 6.13. The van der Waals surface area contributed by atoms with Gasteiger partial charge in [-0.05, 0) is 111 Å². The zero-order valence-corrected chi connectivity index (χ0v) is 33.4. The SMILES string of the molecule is CC(C)(C)c1ccc2c(c1)c1cc(C(C)(C)C)ccc1n2-c1ccc2c(c1)c1cc(-c3ccccc3)ccc1n2-c1ccc(C(C)(C)c2ccccc2)cc1. The van der Waals surface area contributed by atoms with Crippen molar-refractivity contribution in [3.63, 3.8) is 0 Å². The average Bonchev–Trinajstić information content (AvgIpc) is 3.69. The van der Waals surface area contributed by atoms with E-state index in [1.165, 1.54) is 82.7 Å². The van der Waals surface area contributed by atoms with Gasteiger partial charge in [0, 0.05) is 38.3 Å². The van der Waals surface area contributed by atoms with Crippen LogP contribution in [0.5, 0.6) is 0 Å². The number of nitrogens with zero attached hydrogens (tertiary/aromatic N) is 2. The van der Waals surface area contributed by atoms with Gasteiger partial charge >= 0.3 is 0 Å². The van der Waals surface area contributed by atoms with Crippen LogP contribution in [-0.4, -0.2) is 9.13 Å². The minimum Gasteiger partial charge on any atom is -0.309 e. The van der Waals surface area contributed by atoms with Crippen molar-refractivity contribution in [1.29, 1.82) is 0 Å². The standard InChI is InChI=1S/C53H50N2/c1-51(2,3)39-22-28-48-44(32-39)45-33-40(52(4,5)6)23-29-49(45)55(48)42-26-30-50-46(34-42)43-31-36(35-15-11-9-12-16-35)19-27-47(43)54(50)41-24-20-38(21-25-41)53(7,8)37-17-13-10-14-18-37/h9-34H,1-8H3. The molecule has 9 rings (SSSR count). The molecule has 0 spiro atoms. The third kappa shape index (κ3) is 5.87. The summed E-state index contributed by atoms with van der Waals surface area (Å²) in [6.07, 6.45) is 0. The zero-order valence-electron chi connectivity index (χ0n) is 33.4. The quantitative estimate of drug-likeness (QED) is 0.168. The first kappa shape index (κ1) is 34.9. The fourth-order valence-electron chi connectivity index (χ4n) is 8.52. The second kappa shape index (κ2) is 12.6. The molecule has 0 aliphatic carbocycles. The van der Waals surface area contributed by atoms with Crippen molar-refractivity contribution in [3.8, 4) is 22.5 Å². The van der Waals surface area contributed by atoms with Gasteiger partial charge in [0.15, 0.2) is 0 Å². The Morgan fingerprint density at radius 2 is 0.709 bits per heavy atom. The monoisotopic (exact) mass is 714 g/mol. The lowest BCUT2D eigenvalue weighted by Gasteiger charge is -2.26. The zero-order chi connectivity index (χ0) is 38.3. The summed E-state index contributed by atoms with van der Waals surface area (Å²) >= 11 is 0. The largest absolute Gasteiger partial charge is 0.309 e. The molecule has 2 nitrogen and oxygen atoms in total. The van der Waals surface area contributed by atoms with Crippen LogP contribution in [0.3, 0.4) is 0 Å². The van der Waals surface area contributed by atoms with E-state index >= 15 is 0 Å². The van der Waals surface area contributed by atoms with Crippen LogP contribution in [0.4, 0.5) is 0 Å². The minimum atomic E-state index is -0.107. The number of aromatic nitrogens is 2. The highest BCUT2D eigenvalue weighted by Gasteiger charge is 2.24. The first-order valence-electron chi connectivity index (χ1n) is 19.7. The van der Waals surface area contributed by atoms with Crippen LogP contribution < -0.4 is 0 Å². The van der Waals surface area contributed by atoms with Gasteiger partial charge < -0.3 is 9.13 Å². The van der Waals surface area contributed by atoms with Crippen molar-refractivity contribution in [2.45, 2.75) is 71.6 Å². The Labute approximate surface area is 325 Å². The maximum absolute atomic E-state index is 2.48. The molecule has 0 radical (unpaired) electrons. The van der Waals surface area contributed by atoms with Crippen LogP contribution in [0.15, 0.2) is 158 Å². The molecule has 7 aromatic carbocycles. The Balaban J connectivity index is 1.28. The third-order valence-corrected chi connectivity index (χ3v) is 12.0. The Kier molecular flexibility index (Phi) is 7.99. The van der Waals surface area contributed by atoms with E-state index in [9.17, 15) is 0 Å². The molecule has 2 aromatic heterocycles. The van der Waals surface area contributed by atoms with E-state index in [-0.39, 0.29) is 16.2 Å². The van der Waals surface area contributed by atoms with Gasteiger partial charge in [0.25, 0.3) is 0 Å². The van der Waals surface area contributed by atoms with Crippen LogP contribution in [0.1, 0.15) is 77.6 Å². The van der Waals surface area contributed by atoms with Crippen LogP contribution in [0, 0.1) is 0 Å². The summed E-state index contributed by atoms with van der Waals surface area (Å²) in [6.45, 7) is 18.5. The van der Waals surface area contributed by atoms with Gasteiger partial charge in [0.05, 0.1) is 22.1 Å². The Hall–Kier alpha value is -5.86. The maximum Gasteiger partial charge on any atom is 0.0542 e. The predicted octanol–water partition coefficient (Wildman–Crippen LogP) is 14.5. The van der Waals surface area contributed by atoms with E-state index in [4.69, 9.17) is 0 Å². The average molecular weight is 715 g/mol. The van der Waals surface area contributed by atoms with Crippen LogP contribution in [0.2, 0.25) is 0 Å². The van der Waals surface area contributed by atoms with Crippen LogP contribution in [0.25, 0.3) is 66.1 Å². The second-order valence-corrected chi connectivity index (χ2v) is 18.0. The summed E-state index contributed by atoms with van der Waals surface area (Å²) in [5.41, 5.74) is 15.0. The molecule has 0 amide bonds. The summed E-state index contributed by atoms with van der Waals surface area (Å²) in [6, 6.07) is 59.0. The summed E-state index contributed by atoms with van der Waals surface area (Å²) in [5.74, 6) is 0. The van der Waals surface area contributed by atoms with E-state index in [1.54, 1.807) is 0 Å². The molecule has 0 unspecified atom stereocenters. The van der Waals surface area contributed by atoms with E-state index in [1.807, 2.05) is 0 Å². The fourth-order valence-corrected chi connectivity index (χ4v) is 8.52. The molecule has 272 valence electrons. The van der Waals surface area contributed by atoms with Crippen molar-refractivity contribution >= 4 is 43.6 Å². The van der Waals surface area contributed by atoms with Gasteiger partial charge in [0.2, 0.25) is 0 Å². The third-order valence-electron chi connectivity index (χ3n) is 12.0. The Morgan fingerprint density at radius 1 is 0.309 bits per heavy atom. The Morgan fingerprint density at radius 3 is 1.25 bits per heavy atom. The van der Waals surface area contributed by atoms with Crippen LogP contribution >= 0.6 is 0 Å².